The molecule has 1 atom stereocenters. The van der Waals surface area contributed by atoms with Gasteiger partial charge in [-0.2, -0.15) is 13.2 Å². The van der Waals surface area contributed by atoms with Gasteiger partial charge in [0.05, 0.1) is 5.92 Å². The fourth-order valence-electron chi connectivity index (χ4n) is 4.53. The summed E-state index contributed by atoms with van der Waals surface area (Å²) in [6.45, 7) is 4.65. The molecule has 1 N–H and O–H groups in total. The van der Waals surface area contributed by atoms with Crippen molar-refractivity contribution in [3.05, 3.63) is 35.4 Å². The Bertz CT molecular complexity index is 688. The van der Waals surface area contributed by atoms with Crippen LogP contribution in [0, 0.1) is 11.3 Å². The fourth-order valence-corrected chi connectivity index (χ4v) is 4.53. The number of carbonyl (C=O) groups excluding carboxylic acids is 1. The SMILES string of the molecule is CCN(C)Cc1cccc(CNC(=O)N2CCC(C(F)(F)F)C3(CCC3)C2)c1. The Kier molecular flexibility index (Phi) is 6.22. The van der Waals surface area contributed by atoms with Gasteiger partial charge in [0.1, 0.15) is 0 Å². The van der Waals surface area contributed by atoms with Gasteiger partial charge < -0.3 is 15.1 Å². The van der Waals surface area contributed by atoms with Crippen LogP contribution in [0.25, 0.3) is 0 Å². The van der Waals surface area contributed by atoms with Crippen LogP contribution in [0.1, 0.15) is 43.7 Å². The van der Waals surface area contributed by atoms with E-state index >= 15 is 0 Å². The summed E-state index contributed by atoms with van der Waals surface area (Å²) in [7, 11) is 2.05. The number of alkyl halides is 3. The lowest BCUT2D eigenvalue weighted by Crippen LogP contribution is -2.59. The molecular formula is C21H30F3N3O. The van der Waals surface area contributed by atoms with Gasteiger partial charge in [-0.3, -0.25) is 0 Å². The van der Waals surface area contributed by atoms with E-state index in [4.69, 9.17) is 0 Å². The maximum Gasteiger partial charge on any atom is 0.392 e. The van der Waals surface area contributed by atoms with Crippen molar-refractivity contribution in [1.82, 2.24) is 15.1 Å². The van der Waals surface area contributed by atoms with Crippen molar-refractivity contribution in [3.63, 3.8) is 0 Å². The van der Waals surface area contributed by atoms with E-state index in [1.165, 1.54) is 5.56 Å². The fraction of sp³-hybridized carbons (Fsp3) is 0.667. The Balaban J connectivity index is 1.57. The van der Waals surface area contributed by atoms with Crippen molar-refractivity contribution in [2.45, 2.75) is 51.9 Å². The van der Waals surface area contributed by atoms with Crippen LogP contribution in [0.2, 0.25) is 0 Å². The number of nitrogens with one attached hydrogen (secondary N) is 1. The molecule has 7 heteroatoms. The number of hydrogen-bond acceptors (Lipinski definition) is 2. The van der Waals surface area contributed by atoms with Gasteiger partial charge in [0.15, 0.2) is 0 Å². The largest absolute Gasteiger partial charge is 0.392 e. The van der Waals surface area contributed by atoms with Gasteiger partial charge >= 0.3 is 12.2 Å². The molecule has 0 radical (unpaired) electrons. The van der Waals surface area contributed by atoms with Crippen LogP contribution < -0.4 is 5.32 Å². The normalized spacial score (nSPS) is 21.6. The first kappa shape index (κ1) is 21.0. The molecule has 2 fully saturated rings. The molecule has 3 rings (SSSR count). The molecule has 1 aromatic rings. The molecular weight excluding hydrogens is 367 g/mol. The number of rotatable bonds is 5. The molecule has 156 valence electrons. The summed E-state index contributed by atoms with van der Waals surface area (Å²) in [6, 6.07) is 7.79. The van der Waals surface area contributed by atoms with Crippen LogP contribution in [-0.4, -0.2) is 48.7 Å². The molecule has 4 nitrogen and oxygen atoms in total. The van der Waals surface area contributed by atoms with E-state index in [1.807, 2.05) is 12.1 Å². The predicted molar refractivity (Wildman–Crippen MR) is 103 cm³/mol. The Morgan fingerprint density at radius 1 is 1.32 bits per heavy atom. The first-order valence-electron chi connectivity index (χ1n) is 10.1. The third-order valence-corrected chi connectivity index (χ3v) is 6.39. The summed E-state index contributed by atoms with van der Waals surface area (Å²) in [6.07, 6.45) is -2.21. The van der Waals surface area contributed by atoms with Crippen LogP contribution >= 0.6 is 0 Å². The lowest BCUT2D eigenvalue weighted by atomic mass is 9.58. The lowest BCUT2D eigenvalue weighted by Gasteiger charge is -2.54. The van der Waals surface area contributed by atoms with Gasteiger partial charge in [0, 0.05) is 26.2 Å². The van der Waals surface area contributed by atoms with Crippen LogP contribution in [-0.2, 0) is 13.1 Å². The van der Waals surface area contributed by atoms with Crippen LogP contribution in [0.15, 0.2) is 24.3 Å². The van der Waals surface area contributed by atoms with Crippen molar-refractivity contribution in [2.75, 3.05) is 26.7 Å². The Morgan fingerprint density at radius 2 is 2.04 bits per heavy atom. The van der Waals surface area contributed by atoms with Crippen molar-refractivity contribution in [1.29, 1.82) is 0 Å². The molecule has 28 heavy (non-hydrogen) atoms. The zero-order valence-corrected chi connectivity index (χ0v) is 16.7. The second kappa shape index (κ2) is 8.31. The second-order valence-corrected chi connectivity index (χ2v) is 8.33. The van der Waals surface area contributed by atoms with Crippen molar-refractivity contribution < 1.29 is 18.0 Å². The molecule has 2 amide bonds. The monoisotopic (exact) mass is 397 g/mol. The highest BCUT2D eigenvalue weighted by atomic mass is 19.4. The molecule has 0 bridgehead atoms. The molecule has 2 aliphatic rings. The zero-order valence-electron chi connectivity index (χ0n) is 16.7. The van der Waals surface area contributed by atoms with E-state index < -0.39 is 17.5 Å². The molecule has 1 aliphatic heterocycles. The maximum atomic E-state index is 13.4. The Labute approximate surface area is 165 Å². The van der Waals surface area contributed by atoms with E-state index in [0.29, 0.717) is 19.4 Å². The predicted octanol–water partition coefficient (Wildman–Crippen LogP) is 4.40. The minimum atomic E-state index is -4.17. The van der Waals surface area contributed by atoms with E-state index in [2.05, 4.69) is 36.3 Å². The average Bonchev–Trinajstić information content (AvgIpc) is 2.63. The molecule has 1 saturated carbocycles. The highest BCUT2D eigenvalue weighted by Gasteiger charge is 2.58. The molecule has 1 heterocycles. The number of likely N-dealkylation sites (tertiary alicyclic amines) is 1. The standard InChI is InChI=1S/C21H30F3N3O/c1-3-26(2)14-17-7-4-6-16(12-17)13-25-19(28)27-11-8-18(21(22,23)24)20(15-27)9-5-10-20/h4,6-7,12,18H,3,5,8-11,13-15H2,1-2H3,(H,25,28). The number of amides is 2. The summed E-state index contributed by atoms with van der Waals surface area (Å²) in [4.78, 5) is 16.4. The number of carbonyl (C=O) groups is 1. The van der Waals surface area contributed by atoms with Gasteiger partial charge in [0.25, 0.3) is 0 Å². The summed E-state index contributed by atoms with van der Waals surface area (Å²) in [5.41, 5.74) is 1.41. The van der Waals surface area contributed by atoms with E-state index in [1.54, 1.807) is 4.90 Å². The third-order valence-electron chi connectivity index (χ3n) is 6.39. The van der Waals surface area contributed by atoms with Gasteiger partial charge in [-0.1, -0.05) is 37.6 Å². The molecule has 1 aromatic carbocycles. The van der Waals surface area contributed by atoms with Gasteiger partial charge in [0.2, 0.25) is 0 Å². The van der Waals surface area contributed by atoms with Crippen molar-refractivity contribution in [3.8, 4) is 0 Å². The average molecular weight is 397 g/mol. The number of urea groups is 1. The number of benzene rings is 1. The van der Waals surface area contributed by atoms with Gasteiger partial charge in [-0.15, -0.1) is 0 Å². The molecule has 1 spiro atoms. The van der Waals surface area contributed by atoms with Crippen LogP contribution in [0.5, 0.6) is 0 Å². The Morgan fingerprint density at radius 3 is 2.64 bits per heavy atom. The number of nitrogens with zero attached hydrogens (tertiary/aromatic N) is 2. The van der Waals surface area contributed by atoms with Crippen molar-refractivity contribution >= 4 is 6.03 Å². The molecule has 1 unspecified atom stereocenters. The van der Waals surface area contributed by atoms with E-state index in [0.717, 1.165) is 25.1 Å². The first-order valence-corrected chi connectivity index (χ1v) is 10.1. The van der Waals surface area contributed by atoms with Crippen LogP contribution in [0.3, 0.4) is 0 Å². The topological polar surface area (TPSA) is 35.6 Å². The third kappa shape index (κ3) is 4.62. The number of halogens is 3. The highest BCUT2D eigenvalue weighted by molar-refractivity contribution is 5.74. The lowest BCUT2D eigenvalue weighted by molar-refractivity contribution is -0.235. The zero-order chi connectivity index (χ0) is 20.4. The molecule has 1 saturated heterocycles. The number of hydrogen-bond donors (Lipinski definition) is 1. The molecule has 0 aromatic heterocycles. The minimum absolute atomic E-state index is 0.00968. The summed E-state index contributed by atoms with van der Waals surface area (Å²) in [5, 5.41) is 2.89. The molecule has 1 aliphatic carbocycles. The van der Waals surface area contributed by atoms with Gasteiger partial charge in [-0.05, 0) is 49.4 Å². The Hall–Kier alpha value is -1.76. The maximum absolute atomic E-state index is 13.4. The summed E-state index contributed by atoms with van der Waals surface area (Å²) in [5.74, 6) is -1.27. The number of piperidine rings is 1. The van der Waals surface area contributed by atoms with Crippen molar-refractivity contribution in [2.24, 2.45) is 11.3 Å². The van der Waals surface area contributed by atoms with E-state index in [-0.39, 0.29) is 25.5 Å². The first-order chi connectivity index (χ1) is 13.2. The highest BCUT2D eigenvalue weighted by Crippen LogP contribution is 2.56. The van der Waals surface area contributed by atoms with Crippen LogP contribution in [0.4, 0.5) is 18.0 Å². The minimum Gasteiger partial charge on any atom is -0.334 e. The quantitative estimate of drug-likeness (QED) is 0.799. The van der Waals surface area contributed by atoms with E-state index in [9.17, 15) is 18.0 Å². The summed E-state index contributed by atoms with van der Waals surface area (Å²) >= 11 is 0. The second-order valence-electron chi connectivity index (χ2n) is 8.33. The van der Waals surface area contributed by atoms with Gasteiger partial charge in [-0.25, -0.2) is 4.79 Å². The smallest absolute Gasteiger partial charge is 0.334 e. The summed E-state index contributed by atoms with van der Waals surface area (Å²) < 4.78 is 40.2.